The third-order valence-corrected chi connectivity index (χ3v) is 5.75. The predicted molar refractivity (Wildman–Crippen MR) is 93.3 cm³/mol. The number of hydrogen-bond acceptors (Lipinski definition) is 4. The van der Waals surface area contributed by atoms with Crippen LogP contribution >= 0.6 is 0 Å². The molecule has 0 bridgehead atoms. The van der Waals surface area contributed by atoms with E-state index in [0.29, 0.717) is 5.56 Å². The molecule has 0 heterocycles. The van der Waals surface area contributed by atoms with Crippen molar-refractivity contribution in [3.05, 3.63) is 78.4 Å². The normalized spacial score (nSPS) is 13.8. The van der Waals surface area contributed by atoms with Crippen molar-refractivity contribution in [2.24, 2.45) is 0 Å². The molecule has 0 N–H and O–H groups in total. The summed E-state index contributed by atoms with van der Waals surface area (Å²) in [7, 11) is -3.76. The van der Waals surface area contributed by atoms with Crippen LogP contribution in [0.1, 0.15) is 24.2 Å². The summed E-state index contributed by atoms with van der Waals surface area (Å²) in [6.07, 6.45) is 0.364. The maximum Gasteiger partial charge on any atom is 0.303 e. The van der Waals surface area contributed by atoms with Crippen LogP contribution in [-0.4, -0.2) is 19.6 Å². The van der Waals surface area contributed by atoms with Gasteiger partial charge >= 0.3 is 5.97 Å². The standard InChI is InChI=1S/C19H20O4S/c1-4-18(24(21,22)17-12-10-14(2)11-13-17)19(23-15(3)20)16-8-6-5-7-9-16/h4-13,18-19H,1H2,2-3H3. The van der Waals surface area contributed by atoms with E-state index in [-0.39, 0.29) is 4.90 Å². The van der Waals surface area contributed by atoms with E-state index in [2.05, 4.69) is 6.58 Å². The molecule has 24 heavy (non-hydrogen) atoms. The molecule has 0 aliphatic carbocycles. The Morgan fingerprint density at radius 1 is 1.08 bits per heavy atom. The van der Waals surface area contributed by atoms with Crippen molar-refractivity contribution in [3.63, 3.8) is 0 Å². The summed E-state index contributed by atoms with van der Waals surface area (Å²) in [5, 5.41) is -1.08. The molecule has 0 aliphatic heterocycles. The van der Waals surface area contributed by atoms with Crippen LogP contribution < -0.4 is 0 Å². The van der Waals surface area contributed by atoms with Crippen LogP contribution in [0.3, 0.4) is 0 Å². The maximum absolute atomic E-state index is 13.0. The van der Waals surface area contributed by atoms with Gasteiger partial charge in [-0.15, -0.1) is 6.58 Å². The van der Waals surface area contributed by atoms with Crippen molar-refractivity contribution in [1.29, 1.82) is 0 Å². The third kappa shape index (κ3) is 3.92. The predicted octanol–water partition coefficient (Wildman–Crippen LogP) is 3.63. The molecular formula is C19H20O4S. The molecule has 2 unspecified atom stereocenters. The van der Waals surface area contributed by atoms with Gasteiger partial charge in [0.1, 0.15) is 11.4 Å². The van der Waals surface area contributed by atoms with Crippen molar-refractivity contribution in [2.45, 2.75) is 30.1 Å². The van der Waals surface area contributed by atoms with Crippen LogP contribution in [0.4, 0.5) is 0 Å². The van der Waals surface area contributed by atoms with E-state index in [4.69, 9.17) is 4.74 Å². The van der Waals surface area contributed by atoms with Gasteiger partial charge in [0.25, 0.3) is 0 Å². The highest BCUT2D eigenvalue weighted by atomic mass is 32.2. The fourth-order valence-corrected chi connectivity index (χ4v) is 4.07. The summed E-state index contributed by atoms with van der Waals surface area (Å²) in [6.45, 7) is 6.79. The van der Waals surface area contributed by atoms with Crippen molar-refractivity contribution in [1.82, 2.24) is 0 Å². The number of hydrogen-bond donors (Lipinski definition) is 0. The maximum atomic E-state index is 13.0. The second-order valence-corrected chi connectivity index (χ2v) is 7.60. The van der Waals surface area contributed by atoms with Crippen LogP contribution in [0.5, 0.6) is 0 Å². The molecule has 5 heteroatoms. The second kappa shape index (κ2) is 7.45. The molecule has 2 atom stereocenters. The van der Waals surface area contributed by atoms with Crippen LogP contribution in [0.25, 0.3) is 0 Å². The fraction of sp³-hybridized carbons (Fsp3) is 0.211. The Balaban J connectivity index is 2.50. The highest BCUT2D eigenvalue weighted by molar-refractivity contribution is 7.92. The van der Waals surface area contributed by atoms with Gasteiger partial charge in [-0.25, -0.2) is 8.42 Å². The number of rotatable bonds is 6. The van der Waals surface area contributed by atoms with Gasteiger partial charge in [-0.3, -0.25) is 4.79 Å². The first-order valence-corrected chi connectivity index (χ1v) is 9.06. The zero-order valence-corrected chi connectivity index (χ0v) is 14.5. The van der Waals surface area contributed by atoms with E-state index in [1.165, 1.54) is 13.0 Å². The van der Waals surface area contributed by atoms with Gasteiger partial charge in [0, 0.05) is 6.92 Å². The summed E-state index contributed by atoms with van der Waals surface area (Å²) in [6, 6.07) is 15.4. The molecule has 2 aromatic carbocycles. The Bertz CT molecular complexity index is 808. The Hall–Kier alpha value is -2.40. The molecule has 126 valence electrons. The summed E-state index contributed by atoms with van der Waals surface area (Å²) < 4.78 is 31.3. The molecule has 0 spiro atoms. The van der Waals surface area contributed by atoms with E-state index in [9.17, 15) is 13.2 Å². The number of sulfone groups is 1. The molecule has 0 radical (unpaired) electrons. The van der Waals surface area contributed by atoms with Gasteiger partial charge in [-0.2, -0.15) is 0 Å². The van der Waals surface area contributed by atoms with Crippen molar-refractivity contribution >= 4 is 15.8 Å². The molecule has 0 amide bonds. The highest BCUT2D eigenvalue weighted by Gasteiger charge is 2.35. The summed E-state index contributed by atoms with van der Waals surface area (Å²) in [5.74, 6) is -0.546. The second-order valence-electron chi connectivity index (χ2n) is 5.50. The Kier molecular flexibility index (Phi) is 5.57. The lowest BCUT2D eigenvalue weighted by Gasteiger charge is -2.24. The van der Waals surface area contributed by atoms with Gasteiger partial charge in [0.2, 0.25) is 0 Å². The first-order chi connectivity index (χ1) is 11.4. The largest absolute Gasteiger partial charge is 0.456 e. The summed E-state index contributed by atoms with van der Waals surface area (Å²) >= 11 is 0. The molecule has 0 fully saturated rings. The fourth-order valence-electron chi connectivity index (χ4n) is 2.44. The minimum absolute atomic E-state index is 0.172. The number of benzene rings is 2. The van der Waals surface area contributed by atoms with Crippen molar-refractivity contribution in [2.75, 3.05) is 0 Å². The van der Waals surface area contributed by atoms with Crippen LogP contribution in [0.15, 0.2) is 72.1 Å². The van der Waals surface area contributed by atoms with Crippen LogP contribution in [-0.2, 0) is 19.4 Å². The molecule has 0 aromatic heterocycles. The van der Waals surface area contributed by atoms with Crippen LogP contribution in [0, 0.1) is 6.92 Å². The van der Waals surface area contributed by atoms with Crippen LogP contribution in [0.2, 0.25) is 0 Å². The van der Waals surface area contributed by atoms with Gasteiger partial charge in [0.05, 0.1) is 4.90 Å². The number of carbonyl (C=O) groups excluding carboxylic acids is 1. The van der Waals surface area contributed by atoms with Crippen molar-refractivity contribution < 1.29 is 17.9 Å². The average molecular weight is 344 g/mol. The summed E-state index contributed by atoms with van der Waals surface area (Å²) in [5.41, 5.74) is 1.57. The third-order valence-electron chi connectivity index (χ3n) is 3.66. The smallest absolute Gasteiger partial charge is 0.303 e. The Morgan fingerprint density at radius 3 is 2.17 bits per heavy atom. The molecule has 4 nitrogen and oxygen atoms in total. The average Bonchev–Trinajstić information content (AvgIpc) is 2.55. The van der Waals surface area contributed by atoms with Crippen molar-refractivity contribution in [3.8, 4) is 0 Å². The lowest BCUT2D eigenvalue weighted by Crippen LogP contribution is -2.29. The number of esters is 1. The van der Waals surface area contributed by atoms with E-state index < -0.39 is 27.2 Å². The number of ether oxygens (including phenoxy) is 1. The molecule has 0 aliphatic rings. The van der Waals surface area contributed by atoms with E-state index in [1.807, 2.05) is 13.0 Å². The molecule has 2 aromatic rings. The molecule has 2 rings (SSSR count). The molecule has 0 saturated heterocycles. The zero-order valence-electron chi connectivity index (χ0n) is 13.7. The van der Waals surface area contributed by atoms with Gasteiger partial charge in [-0.1, -0.05) is 54.1 Å². The van der Waals surface area contributed by atoms with E-state index in [1.54, 1.807) is 48.5 Å². The van der Waals surface area contributed by atoms with Gasteiger partial charge < -0.3 is 4.74 Å². The Morgan fingerprint density at radius 2 is 1.67 bits per heavy atom. The monoisotopic (exact) mass is 344 g/mol. The van der Waals surface area contributed by atoms with Gasteiger partial charge in [-0.05, 0) is 24.6 Å². The molecule has 0 saturated carbocycles. The van der Waals surface area contributed by atoms with E-state index >= 15 is 0 Å². The van der Waals surface area contributed by atoms with Gasteiger partial charge in [0.15, 0.2) is 9.84 Å². The first kappa shape index (κ1) is 17.9. The quantitative estimate of drug-likeness (QED) is 0.593. The molecular weight excluding hydrogens is 324 g/mol. The topological polar surface area (TPSA) is 60.4 Å². The number of aryl methyl sites for hydroxylation is 1. The lowest BCUT2D eigenvalue weighted by molar-refractivity contribution is -0.146. The number of carbonyl (C=O) groups is 1. The zero-order chi connectivity index (χ0) is 17.7. The SMILES string of the molecule is C=CC(C(OC(C)=O)c1ccccc1)S(=O)(=O)c1ccc(C)cc1. The van der Waals surface area contributed by atoms with E-state index in [0.717, 1.165) is 5.56 Å². The lowest BCUT2D eigenvalue weighted by atomic mass is 10.1. The Labute approximate surface area is 142 Å². The minimum atomic E-state index is -3.76. The summed E-state index contributed by atoms with van der Waals surface area (Å²) in [4.78, 5) is 11.7. The highest BCUT2D eigenvalue weighted by Crippen LogP contribution is 2.31. The minimum Gasteiger partial charge on any atom is -0.456 e. The first-order valence-electron chi connectivity index (χ1n) is 7.51.